The number of esters is 1. The molecule has 1 aliphatic carbocycles. The fourth-order valence-electron chi connectivity index (χ4n) is 6.17. The molecule has 2 aliphatic rings. The smallest absolute Gasteiger partial charge is 0.416 e. The van der Waals surface area contributed by atoms with Gasteiger partial charge in [-0.25, -0.2) is 0 Å². The standard InChI is InChI=1S/C29H33F6NO2/c1-38-26(37)18-19-15-16-36(25(17-19)20-7-11-23(12-8-20)28(30,31)32)27(21-5-3-2-4-6-21)22-9-13-24(14-10-22)29(33,34)35/h7-14,19,21,25,27H,2-6,15-18H2,1H3/t19-,25-,27+/m0/s1. The Morgan fingerprint density at radius 1 is 0.868 bits per heavy atom. The summed E-state index contributed by atoms with van der Waals surface area (Å²) in [6.07, 6.45) is -2.38. The summed E-state index contributed by atoms with van der Waals surface area (Å²) in [5, 5.41) is 0. The highest BCUT2D eigenvalue weighted by Gasteiger charge is 2.40. The van der Waals surface area contributed by atoms with Crippen LogP contribution in [0.2, 0.25) is 0 Å². The summed E-state index contributed by atoms with van der Waals surface area (Å²) in [5.74, 6) is -0.124. The van der Waals surface area contributed by atoms with Crippen LogP contribution in [0.1, 0.15) is 85.7 Å². The number of nitrogens with zero attached hydrogens (tertiary/aromatic N) is 1. The van der Waals surface area contributed by atoms with Crippen LogP contribution < -0.4 is 0 Å². The molecule has 1 aliphatic heterocycles. The predicted molar refractivity (Wildman–Crippen MR) is 131 cm³/mol. The first-order valence-electron chi connectivity index (χ1n) is 13.1. The number of methoxy groups -OCH3 is 1. The lowest BCUT2D eigenvalue weighted by atomic mass is 9.76. The highest BCUT2D eigenvalue weighted by Crippen LogP contribution is 2.47. The lowest BCUT2D eigenvalue weighted by Crippen LogP contribution is -2.43. The van der Waals surface area contributed by atoms with E-state index >= 15 is 0 Å². The van der Waals surface area contributed by atoms with E-state index in [-0.39, 0.29) is 36.3 Å². The number of benzene rings is 2. The van der Waals surface area contributed by atoms with Crippen molar-refractivity contribution in [2.45, 2.75) is 75.8 Å². The summed E-state index contributed by atoms with van der Waals surface area (Å²) in [6, 6.07) is 10.00. The first kappa shape index (κ1) is 28.5. The number of ether oxygens (including phenoxy) is 1. The maximum atomic E-state index is 13.3. The summed E-state index contributed by atoms with van der Waals surface area (Å²) in [4.78, 5) is 14.3. The number of likely N-dealkylation sites (tertiary alicyclic amines) is 1. The van der Waals surface area contributed by atoms with E-state index in [1.807, 2.05) is 0 Å². The molecule has 38 heavy (non-hydrogen) atoms. The van der Waals surface area contributed by atoms with Gasteiger partial charge in [0.15, 0.2) is 0 Å². The van der Waals surface area contributed by atoms with Crippen molar-refractivity contribution in [3.05, 3.63) is 70.8 Å². The van der Waals surface area contributed by atoms with E-state index in [1.165, 1.54) is 19.2 Å². The van der Waals surface area contributed by atoms with Crippen LogP contribution in [0.25, 0.3) is 0 Å². The van der Waals surface area contributed by atoms with Gasteiger partial charge in [0.05, 0.1) is 18.2 Å². The van der Waals surface area contributed by atoms with Crippen molar-refractivity contribution in [3.63, 3.8) is 0 Å². The Kier molecular flexibility index (Phi) is 8.75. The Morgan fingerprint density at radius 2 is 1.42 bits per heavy atom. The topological polar surface area (TPSA) is 29.5 Å². The number of hydrogen-bond donors (Lipinski definition) is 0. The second kappa shape index (κ2) is 11.7. The molecule has 0 unspecified atom stereocenters. The molecule has 2 fully saturated rings. The zero-order chi connectivity index (χ0) is 27.5. The van der Waals surface area contributed by atoms with Gasteiger partial charge < -0.3 is 4.74 Å². The molecule has 3 nitrogen and oxygen atoms in total. The highest BCUT2D eigenvalue weighted by molar-refractivity contribution is 5.69. The van der Waals surface area contributed by atoms with Crippen molar-refractivity contribution in [2.24, 2.45) is 11.8 Å². The fraction of sp³-hybridized carbons (Fsp3) is 0.552. The van der Waals surface area contributed by atoms with Gasteiger partial charge in [0, 0.05) is 18.5 Å². The molecule has 0 bridgehead atoms. The van der Waals surface area contributed by atoms with Crippen LogP contribution in [-0.4, -0.2) is 24.5 Å². The van der Waals surface area contributed by atoms with Gasteiger partial charge in [-0.15, -0.1) is 0 Å². The minimum atomic E-state index is -4.46. The van der Waals surface area contributed by atoms with Crippen LogP contribution in [-0.2, 0) is 21.9 Å². The number of halogens is 6. The third kappa shape index (κ3) is 6.71. The molecule has 208 valence electrons. The second-order valence-corrected chi connectivity index (χ2v) is 10.5. The van der Waals surface area contributed by atoms with Crippen LogP contribution in [0.3, 0.4) is 0 Å². The van der Waals surface area contributed by atoms with Crippen molar-refractivity contribution in [1.29, 1.82) is 0 Å². The van der Waals surface area contributed by atoms with E-state index in [0.29, 0.717) is 24.9 Å². The number of carbonyl (C=O) groups is 1. The zero-order valence-corrected chi connectivity index (χ0v) is 21.3. The molecule has 0 aromatic heterocycles. The number of rotatable bonds is 6. The minimum Gasteiger partial charge on any atom is -0.469 e. The van der Waals surface area contributed by atoms with Crippen LogP contribution >= 0.6 is 0 Å². The molecule has 3 atom stereocenters. The van der Waals surface area contributed by atoms with E-state index in [4.69, 9.17) is 4.74 Å². The maximum absolute atomic E-state index is 13.3. The van der Waals surface area contributed by atoms with Crippen LogP contribution in [0.5, 0.6) is 0 Å². The lowest BCUT2D eigenvalue weighted by molar-refractivity contribution is -0.142. The van der Waals surface area contributed by atoms with Crippen molar-refractivity contribution in [3.8, 4) is 0 Å². The molecule has 0 spiro atoms. The minimum absolute atomic E-state index is 0.00870. The van der Waals surface area contributed by atoms with Crippen molar-refractivity contribution in [2.75, 3.05) is 13.7 Å². The lowest BCUT2D eigenvalue weighted by Gasteiger charge is -2.47. The number of carbonyl (C=O) groups excluding carboxylic acids is 1. The molecule has 1 saturated carbocycles. The normalized spacial score (nSPS) is 22.7. The average molecular weight is 542 g/mol. The third-order valence-electron chi connectivity index (χ3n) is 8.09. The number of piperidine rings is 1. The summed E-state index contributed by atoms with van der Waals surface area (Å²) in [6.45, 7) is 0.579. The maximum Gasteiger partial charge on any atom is 0.416 e. The summed E-state index contributed by atoms with van der Waals surface area (Å²) in [5.41, 5.74) is 0.0505. The highest BCUT2D eigenvalue weighted by atomic mass is 19.4. The van der Waals surface area contributed by atoms with Crippen LogP contribution in [0.15, 0.2) is 48.5 Å². The van der Waals surface area contributed by atoms with Gasteiger partial charge in [0.1, 0.15) is 0 Å². The SMILES string of the molecule is COC(=O)C[C@H]1CCN([C@@H](c2ccc(C(F)(F)F)cc2)C2CCCCC2)[C@H](c2ccc(C(F)(F)F)cc2)C1. The average Bonchev–Trinajstić information content (AvgIpc) is 2.89. The van der Waals surface area contributed by atoms with Crippen LogP contribution in [0, 0.1) is 11.8 Å². The van der Waals surface area contributed by atoms with Gasteiger partial charge in [-0.05, 0) is 79.5 Å². The van der Waals surface area contributed by atoms with Gasteiger partial charge in [-0.1, -0.05) is 43.5 Å². The quantitative estimate of drug-likeness (QED) is 0.272. The van der Waals surface area contributed by atoms with Gasteiger partial charge in [-0.3, -0.25) is 9.69 Å². The first-order valence-corrected chi connectivity index (χ1v) is 13.1. The Morgan fingerprint density at radius 3 is 1.95 bits per heavy atom. The molecule has 0 radical (unpaired) electrons. The van der Waals surface area contributed by atoms with E-state index in [9.17, 15) is 31.1 Å². The summed E-state index contributed by atoms with van der Waals surface area (Å²) in [7, 11) is 1.33. The van der Waals surface area contributed by atoms with Crippen LogP contribution in [0.4, 0.5) is 26.3 Å². The third-order valence-corrected chi connectivity index (χ3v) is 8.09. The van der Waals surface area contributed by atoms with Crippen molar-refractivity contribution >= 4 is 5.97 Å². The summed E-state index contributed by atoms with van der Waals surface area (Å²) < 4.78 is 84.4. The van der Waals surface area contributed by atoms with Gasteiger partial charge in [-0.2, -0.15) is 26.3 Å². The molecule has 0 amide bonds. The number of hydrogen-bond acceptors (Lipinski definition) is 3. The van der Waals surface area contributed by atoms with Gasteiger partial charge in [0.25, 0.3) is 0 Å². The van der Waals surface area contributed by atoms with E-state index in [1.54, 1.807) is 12.1 Å². The second-order valence-electron chi connectivity index (χ2n) is 10.5. The Labute approximate surface area is 219 Å². The predicted octanol–water partition coefficient (Wildman–Crippen LogP) is 8.36. The molecule has 9 heteroatoms. The molecule has 1 saturated heterocycles. The van der Waals surface area contributed by atoms with Crippen molar-refractivity contribution in [1.82, 2.24) is 4.90 Å². The Bertz CT molecular complexity index is 1060. The molecule has 2 aromatic carbocycles. The zero-order valence-electron chi connectivity index (χ0n) is 21.3. The molecule has 0 N–H and O–H groups in total. The van der Waals surface area contributed by atoms with E-state index in [2.05, 4.69) is 4.90 Å². The van der Waals surface area contributed by atoms with E-state index in [0.717, 1.165) is 61.9 Å². The molecule has 2 aromatic rings. The monoisotopic (exact) mass is 541 g/mol. The first-order chi connectivity index (χ1) is 18.0. The molecular formula is C29H33F6NO2. The van der Waals surface area contributed by atoms with Gasteiger partial charge >= 0.3 is 18.3 Å². The molecule has 1 heterocycles. The number of alkyl halides is 6. The molecule has 4 rings (SSSR count). The Balaban J connectivity index is 1.72. The van der Waals surface area contributed by atoms with Gasteiger partial charge in [0.2, 0.25) is 0 Å². The Hall–Kier alpha value is -2.55. The van der Waals surface area contributed by atoms with Crippen molar-refractivity contribution < 1.29 is 35.9 Å². The summed E-state index contributed by atoms with van der Waals surface area (Å²) >= 11 is 0. The van der Waals surface area contributed by atoms with E-state index < -0.39 is 23.5 Å². The largest absolute Gasteiger partial charge is 0.469 e. The molecular weight excluding hydrogens is 508 g/mol. The fourth-order valence-corrected chi connectivity index (χ4v) is 6.17.